The summed E-state index contributed by atoms with van der Waals surface area (Å²) in [5, 5.41) is 3.55. The molecule has 1 N–H and O–H groups in total. The SMILES string of the molecule is CCNC(Cc1cncc(Br)c1)c1cc(C)c(Br)s1. The second-order valence-electron chi connectivity index (χ2n) is 4.43. The Bertz CT molecular complexity index is 535. The van der Waals surface area contributed by atoms with Crippen molar-refractivity contribution in [2.24, 2.45) is 0 Å². The summed E-state index contributed by atoms with van der Waals surface area (Å²) >= 11 is 8.89. The molecule has 2 heterocycles. The van der Waals surface area contributed by atoms with Crippen molar-refractivity contribution in [1.29, 1.82) is 0 Å². The third kappa shape index (κ3) is 4.12. The molecule has 2 nitrogen and oxygen atoms in total. The van der Waals surface area contributed by atoms with Crippen molar-refractivity contribution in [2.45, 2.75) is 26.3 Å². The number of nitrogens with zero attached hydrogens (tertiary/aromatic N) is 1. The first-order valence-electron chi connectivity index (χ1n) is 6.18. The van der Waals surface area contributed by atoms with E-state index in [-0.39, 0.29) is 0 Å². The summed E-state index contributed by atoms with van der Waals surface area (Å²) in [4.78, 5) is 5.60. The summed E-state index contributed by atoms with van der Waals surface area (Å²) in [7, 11) is 0. The Hall–Kier alpha value is -0.230. The Balaban J connectivity index is 2.20. The van der Waals surface area contributed by atoms with Crippen LogP contribution in [-0.2, 0) is 6.42 Å². The van der Waals surface area contributed by atoms with Crippen molar-refractivity contribution in [2.75, 3.05) is 6.54 Å². The fourth-order valence-electron chi connectivity index (χ4n) is 1.98. The molecule has 0 spiro atoms. The van der Waals surface area contributed by atoms with E-state index in [0.29, 0.717) is 6.04 Å². The molecule has 0 bridgehead atoms. The van der Waals surface area contributed by atoms with Gasteiger partial charge >= 0.3 is 0 Å². The van der Waals surface area contributed by atoms with Gasteiger partial charge in [0.1, 0.15) is 0 Å². The van der Waals surface area contributed by atoms with Gasteiger partial charge in [-0.15, -0.1) is 11.3 Å². The lowest BCUT2D eigenvalue weighted by atomic mass is 10.1. The summed E-state index contributed by atoms with van der Waals surface area (Å²) in [5.41, 5.74) is 2.54. The van der Waals surface area contributed by atoms with E-state index in [9.17, 15) is 0 Å². The van der Waals surface area contributed by atoms with E-state index in [2.05, 4.69) is 68.1 Å². The largest absolute Gasteiger partial charge is 0.309 e. The molecule has 5 heteroatoms. The van der Waals surface area contributed by atoms with Crippen molar-refractivity contribution in [1.82, 2.24) is 10.3 Å². The van der Waals surface area contributed by atoms with Gasteiger partial charge in [-0.3, -0.25) is 4.98 Å². The van der Waals surface area contributed by atoms with E-state index in [1.165, 1.54) is 19.8 Å². The maximum absolute atomic E-state index is 4.23. The van der Waals surface area contributed by atoms with E-state index < -0.39 is 0 Å². The average molecular weight is 404 g/mol. The molecule has 0 saturated carbocycles. The molecule has 2 aromatic rings. The van der Waals surface area contributed by atoms with Crippen LogP contribution in [0.4, 0.5) is 0 Å². The topological polar surface area (TPSA) is 24.9 Å². The lowest BCUT2D eigenvalue weighted by Crippen LogP contribution is -2.22. The Kier molecular flexibility index (Phi) is 5.57. The van der Waals surface area contributed by atoms with Gasteiger partial charge in [-0.05, 0) is 75.0 Å². The number of likely N-dealkylation sites (N-methyl/N-ethyl adjacent to an activating group) is 1. The first-order chi connectivity index (χ1) is 9.10. The van der Waals surface area contributed by atoms with Gasteiger partial charge in [-0.1, -0.05) is 6.92 Å². The number of nitrogens with one attached hydrogen (secondary N) is 1. The van der Waals surface area contributed by atoms with Gasteiger partial charge < -0.3 is 5.32 Å². The summed E-state index contributed by atoms with van der Waals surface area (Å²) in [5.74, 6) is 0. The van der Waals surface area contributed by atoms with Crippen molar-refractivity contribution < 1.29 is 0 Å². The normalized spacial score (nSPS) is 12.6. The Morgan fingerprint density at radius 2 is 2.11 bits per heavy atom. The molecule has 2 rings (SSSR count). The molecule has 0 amide bonds. The number of halogens is 2. The first-order valence-corrected chi connectivity index (χ1v) is 8.59. The highest BCUT2D eigenvalue weighted by atomic mass is 79.9. The highest BCUT2D eigenvalue weighted by Gasteiger charge is 2.15. The molecule has 0 saturated heterocycles. The third-order valence-corrected chi connectivity index (χ3v) is 5.56. The van der Waals surface area contributed by atoms with Crippen molar-refractivity contribution in [3.05, 3.63) is 48.8 Å². The molecule has 0 aliphatic rings. The molecular formula is C14H16Br2N2S. The first kappa shape index (κ1) is 15.2. The lowest BCUT2D eigenvalue weighted by molar-refractivity contribution is 0.557. The van der Waals surface area contributed by atoms with Crippen LogP contribution in [-0.4, -0.2) is 11.5 Å². The molecule has 0 aliphatic carbocycles. The van der Waals surface area contributed by atoms with Crippen LogP contribution in [0, 0.1) is 6.92 Å². The lowest BCUT2D eigenvalue weighted by Gasteiger charge is -2.16. The zero-order valence-electron chi connectivity index (χ0n) is 10.9. The third-order valence-electron chi connectivity index (χ3n) is 2.87. The predicted octanol–water partition coefficient (Wildman–Crippen LogP) is 4.87. The number of pyridine rings is 1. The Morgan fingerprint density at radius 1 is 1.32 bits per heavy atom. The average Bonchev–Trinajstić information content (AvgIpc) is 2.69. The Morgan fingerprint density at radius 3 is 2.68 bits per heavy atom. The van der Waals surface area contributed by atoms with Crippen LogP contribution in [0.15, 0.2) is 32.8 Å². The molecule has 19 heavy (non-hydrogen) atoms. The van der Waals surface area contributed by atoms with Gasteiger partial charge in [0.2, 0.25) is 0 Å². The van der Waals surface area contributed by atoms with E-state index >= 15 is 0 Å². The zero-order valence-corrected chi connectivity index (χ0v) is 14.9. The summed E-state index contributed by atoms with van der Waals surface area (Å²) in [6.45, 7) is 5.23. The molecule has 2 aromatic heterocycles. The minimum Gasteiger partial charge on any atom is -0.309 e. The number of hydrogen-bond acceptors (Lipinski definition) is 3. The van der Waals surface area contributed by atoms with E-state index in [1.54, 1.807) is 0 Å². The van der Waals surface area contributed by atoms with Crippen molar-refractivity contribution >= 4 is 43.2 Å². The molecule has 0 radical (unpaired) electrons. The maximum atomic E-state index is 4.23. The van der Waals surface area contributed by atoms with Crippen molar-refractivity contribution in [3.8, 4) is 0 Å². The highest BCUT2D eigenvalue weighted by Crippen LogP contribution is 2.33. The van der Waals surface area contributed by atoms with Gasteiger partial charge in [0.25, 0.3) is 0 Å². The molecule has 1 atom stereocenters. The van der Waals surface area contributed by atoms with E-state index in [4.69, 9.17) is 0 Å². The fraction of sp³-hybridized carbons (Fsp3) is 0.357. The van der Waals surface area contributed by atoms with Gasteiger partial charge in [-0.2, -0.15) is 0 Å². The van der Waals surface area contributed by atoms with Crippen LogP contribution in [0.2, 0.25) is 0 Å². The molecule has 1 unspecified atom stereocenters. The summed E-state index contributed by atoms with van der Waals surface area (Å²) in [6.07, 6.45) is 4.70. The maximum Gasteiger partial charge on any atom is 0.0731 e. The van der Waals surface area contributed by atoms with Crippen LogP contribution in [0.5, 0.6) is 0 Å². The number of aryl methyl sites for hydroxylation is 1. The fourth-order valence-corrected chi connectivity index (χ4v) is 4.04. The minimum absolute atomic E-state index is 0.344. The quantitative estimate of drug-likeness (QED) is 0.770. The van der Waals surface area contributed by atoms with Crippen molar-refractivity contribution in [3.63, 3.8) is 0 Å². The van der Waals surface area contributed by atoms with Crippen LogP contribution in [0.1, 0.15) is 29.0 Å². The molecule has 0 aromatic carbocycles. The van der Waals surface area contributed by atoms with Gasteiger partial charge in [0, 0.05) is 27.8 Å². The molecular weight excluding hydrogens is 388 g/mol. The molecule has 0 fully saturated rings. The van der Waals surface area contributed by atoms with Crippen LogP contribution < -0.4 is 5.32 Å². The molecule has 102 valence electrons. The summed E-state index contributed by atoms with van der Waals surface area (Å²) < 4.78 is 2.25. The second-order valence-corrected chi connectivity index (χ2v) is 7.75. The predicted molar refractivity (Wildman–Crippen MR) is 88.8 cm³/mol. The second kappa shape index (κ2) is 6.97. The zero-order chi connectivity index (χ0) is 13.8. The number of aromatic nitrogens is 1. The van der Waals surface area contributed by atoms with E-state index in [0.717, 1.165) is 17.4 Å². The van der Waals surface area contributed by atoms with Gasteiger partial charge in [-0.25, -0.2) is 0 Å². The molecule has 0 aliphatic heterocycles. The van der Waals surface area contributed by atoms with Crippen LogP contribution >= 0.6 is 43.2 Å². The number of rotatable bonds is 5. The summed E-state index contributed by atoms with van der Waals surface area (Å²) in [6, 6.07) is 4.73. The smallest absolute Gasteiger partial charge is 0.0731 e. The standard InChI is InChI=1S/C14H16Br2N2S/c1-3-18-12(13-4-9(2)14(16)19-13)6-10-5-11(15)8-17-7-10/h4-5,7-8,12,18H,3,6H2,1-2H3. The van der Waals surface area contributed by atoms with Crippen LogP contribution in [0.3, 0.4) is 0 Å². The minimum atomic E-state index is 0.344. The van der Waals surface area contributed by atoms with Gasteiger partial charge in [0.05, 0.1) is 3.79 Å². The highest BCUT2D eigenvalue weighted by molar-refractivity contribution is 9.11. The number of hydrogen-bond donors (Lipinski definition) is 1. The monoisotopic (exact) mass is 402 g/mol. The van der Waals surface area contributed by atoms with E-state index in [1.807, 2.05) is 23.7 Å². The van der Waals surface area contributed by atoms with Crippen LogP contribution in [0.25, 0.3) is 0 Å². The van der Waals surface area contributed by atoms with Gasteiger partial charge in [0.15, 0.2) is 0 Å². The Labute approximate surface area is 134 Å². The number of thiophene rings is 1.